The molecule has 21 heavy (non-hydrogen) atoms. The molecule has 1 N–H and O–H groups in total. The molecule has 1 heterocycles. The quantitative estimate of drug-likeness (QED) is 0.920. The Morgan fingerprint density at radius 3 is 2.67 bits per heavy atom. The second-order valence-electron chi connectivity index (χ2n) is 5.07. The van der Waals surface area contributed by atoms with Crippen molar-refractivity contribution in [2.24, 2.45) is 0 Å². The highest BCUT2D eigenvalue weighted by Gasteiger charge is 2.32. The molecule has 0 spiro atoms. The van der Waals surface area contributed by atoms with E-state index in [1.165, 1.54) is 18.2 Å². The van der Waals surface area contributed by atoms with Crippen molar-refractivity contribution in [3.8, 4) is 6.07 Å². The third-order valence-electron chi connectivity index (χ3n) is 2.88. The molecule has 1 aromatic carbocycles. The van der Waals surface area contributed by atoms with E-state index in [0.717, 1.165) is 0 Å². The van der Waals surface area contributed by atoms with Gasteiger partial charge in [0.15, 0.2) is 14.9 Å². The predicted octanol–water partition coefficient (Wildman–Crippen LogP) is 2.42. The van der Waals surface area contributed by atoms with Gasteiger partial charge in [-0.1, -0.05) is 11.6 Å². The number of nitriles is 1. The minimum Gasteiger partial charge on any atom is -0.265 e. The summed E-state index contributed by atoms with van der Waals surface area (Å²) in [7, 11) is -3.88. The molecule has 5 nitrogen and oxygen atoms in total. The molecule has 0 atom stereocenters. The van der Waals surface area contributed by atoms with Gasteiger partial charge in [-0.3, -0.25) is 10.3 Å². The van der Waals surface area contributed by atoms with E-state index in [2.05, 4.69) is 5.48 Å². The molecule has 8 heteroatoms. The Labute approximate surface area is 126 Å². The number of rotatable bonds is 3. The molecule has 1 aliphatic rings. The van der Waals surface area contributed by atoms with Crippen molar-refractivity contribution in [1.29, 1.82) is 5.26 Å². The Morgan fingerprint density at radius 2 is 2.14 bits per heavy atom. The first-order valence-corrected chi connectivity index (χ1v) is 7.96. The molecule has 0 amide bonds. The van der Waals surface area contributed by atoms with Gasteiger partial charge in [-0.05, 0) is 32.1 Å². The van der Waals surface area contributed by atoms with Crippen molar-refractivity contribution in [3.05, 3.63) is 45.2 Å². The fourth-order valence-corrected chi connectivity index (χ4v) is 3.44. The van der Waals surface area contributed by atoms with Crippen LogP contribution in [0.3, 0.4) is 0 Å². The SMILES string of the molecule is CC1(C)C=C(S(=O)(=O)Cc2c(C#N)ccc(Cl)c2F)NO1. The average Bonchev–Trinajstić information content (AvgIpc) is 2.76. The number of benzene rings is 1. The Balaban J connectivity index is 2.44. The number of hydroxylamine groups is 1. The molecular weight excluding hydrogens is 319 g/mol. The zero-order valence-electron chi connectivity index (χ0n) is 11.3. The lowest BCUT2D eigenvalue weighted by Crippen LogP contribution is -2.22. The van der Waals surface area contributed by atoms with E-state index in [-0.39, 0.29) is 21.2 Å². The molecule has 2 rings (SSSR count). The number of nitrogens with one attached hydrogen (secondary N) is 1. The normalized spacial score (nSPS) is 17.0. The van der Waals surface area contributed by atoms with Gasteiger partial charge in [0.25, 0.3) is 0 Å². The van der Waals surface area contributed by atoms with E-state index < -0.39 is 27.0 Å². The van der Waals surface area contributed by atoms with Crippen LogP contribution in [0, 0.1) is 17.1 Å². The van der Waals surface area contributed by atoms with Crippen LogP contribution in [-0.4, -0.2) is 14.0 Å². The van der Waals surface area contributed by atoms with Gasteiger partial charge >= 0.3 is 0 Å². The Morgan fingerprint density at radius 1 is 1.48 bits per heavy atom. The third kappa shape index (κ3) is 3.18. The number of nitrogens with zero attached hydrogens (tertiary/aromatic N) is 1. The lowest BCUT2D eigenvalue weighted by molar-refractivity contribution is -0.0129. The van der Waals surface area contributed by atoms with Crippen LogP contribution >= 0.6 is 11.6 Å². The molecule has 0 aromatic heterocycles. The van der Waals surface area contributed by atoms with Crippen LogP contribution < -0.4 is 5.48 Å². The van der Waals surface area contributed by atoms with Crippen LogP contribution in [0.25, 0.3) is 0 Å². The summed E-state index contributed by atoms with van der Waals surface area (Å²) in [5.74, 6) is -1.58. The van der Waals surface area contributed by atoms with E-state index in [1.807, 2.05) is 0 Å². The van der Waals surface area contributed by atoms with Crippen molar-refractivity contribution in [1.82, 2.24) is 5.48 Å². The number of sulfone groups is 1. The zero-order chi connectivity index (χ0) is 15.8. The van der Waals surface area contributed by atoms with Crippen molar-refractivity contribution < 1.29 is 17.6 Å². The monoisotopic (exact) mass is 330 g/mol. The zero-order valence-corrected chi connectivity index (χ0v) is 12.8. The highest BCUT2D eigenvalue weighted by atomic mass is 35.5. The minimum absolute atomic E-state index is 0.0701. The second kappa shape index (κ2) is 5.30. The second-order valence-corrected chi connectivity index (χ2v) is 7.44. The van der Waals surface area contributed by atoms with Crippen molar-refractivity contribution in [2.75, 3.05) is 0 Å². The Hall–Kier alpha value is -1.62. The maximum absolute atomic E-state index is 14.0. The van der Waals surface area contributed by atoms with Gasteiger partial charge in [0.1, 0.15) is 11.4 Å². The molecule has 0 fully saturated rings. The van der Waals surface area contributed by atoms with Crippen LogP contribution in [-0.2, 0) is 20.4 Å². The maximum Gasteiger partial charge on any atom is 0.199 e. The molecule has 1 aromatic rings. The first kappa shape index (κ1) is 15.8. The first-order valence-electron chi connectivity index (χ1n) is 5.93. The first-order chi connectivity index (χ1) is 9.66. The summed E-state index contributed by atoms with van der Waals surface area (Å²) in [6.45, 7) is 3.34. The minimum atomic E-state index is -3.88. The van der Waals surface area contributed by atoms with Gasteiger partial charge in [0.05, 0.1) is 22.4 Å². The summed E-state index contributed by atoms with van der Waals surface area (Å²) < 4.78 is 38.6. The predicted molar refractivity (Wildman–Crippen MR) is 75.1 cm³/mol. The largest absolute Gasteiger partial charge is 0.265 e. The summed E-state index contributed by atoms with van der Waals surface area (Å²) in [4.78, 5) is 5.08. The molecule has 0 saturated carbocycles. The van der Waals surface area contributed by atoms with Crippen LogP contribution in [0.4, 0.5) is 4.39 Å². The van der Waals surface area contributed by atoms with Gasteiger partial charge < -0.3 is 0 Å². The Bertz CT molecular complexity index is 766. The van der Waals surface area contributed by atoms with E-state index in [1.54, 1.807) is 19.9 Å². The van der Waals surface area contributed by atoms with Crippen molar-refractivity contribution in [2.45, 2.75) is 25.2 Å². The standard InChI is InChI=1S/C13H12ClFN2O3S/c1-13(2)5-11(17-20-13)21(18,19)7-9-8(6-16)3-4-10(14)12(9)15/h3-5,17H,7H2,1-2H3. The van der Waals surface area contributed by atoms with Crippen molar-refractivity contribution >= 4 is 21.4 Å². The molecule has 0 radical (unpaired) electrons. The average molecular weight is 331 g/mol. The summed E-state index contributed by atoms with van der Waals surface area (Å²) >= 11 is 5.64. The van der Waals surface area contributed by atoms with Gasteiger partial charge in [-0.15, -0.1) is 0 Å². The molecular formula is C13H12ClFN2O3S. The third-order valence-corrected chi connectivity index (χ3v) is 4.71. The van der Waals surface area contributed by atoms with Gasteiger partial charge in [0.2, 0.25) is 0 Å². The number of hydrogen-bond acceptors (Lipinski definition) is 5. The maximum atomic E-state index is 14.0. The molecule has 0 aliphatic carbocycles. The van der Waals surface area contributed by atoms with Crippen molar-refractivity contribution in [3.63, 3.8) is 0 Å². The van der Waals surface area contributed by atoms with Crippen LogP contribution in [0.1, 0.15) is 25.0 Å². The van der Waals surface area contributed by atoms with Gasteiger partial charge in [-0.2, -0.15) is 5.26 Å². The summed E-state index contributed by atoms with van der Waals surface area (Å²) in [6.07, 6.45) is 1.39. The molecule has 0 bridgehead atoms. The summed E-state index contributed by atoms with van der Waals surface area (Å²) in [5, 5.41) is 8.58. The van der Waals surface area contributed by atoms with Crippen LogP contribution in [0.5, 0.6) is 0 Å². The van der Waals surface area contributed by atoms with Gasteiger partial charge in [-0.25, -0.2) is 12.8 Å². The van der Waals surface area contributed by atoms with E-state index in [4.69, 9.17) is 21.7 Å². The lowest BCUT2D eigenvalue weighted by Gasteiger charge is -2.11. The van der Waals surface area contributed by atoms with E-state index in [0.29, 0.717) is 0 Å². The summed E-state index contributed by atoms with van der Waals surface area (Å²) in [5.41, 5.74) is 1.21. The van der Waals surface area contributed by atoms with Crippen LogP contribution in [0.15, 0.2) is 23.2 Å². The topological polar surface area (TPSA) is 79.2 Å². The number of hydrogen-bond donors (Lipinski definition) is 1. The summed E-state index contributed by atoms with van der Waals surface area (Å²) in [6, 6.07) is 4.26. The smallest absolute Gasteiger partial charge is 0.199 e. The highest BCUT2D eigenvalue weighted by Crippen LogP contribution is 2.28. The molecule has 112 valence electrons. The highest BCUT2D eigenvalue weighted by molar-refractivity contribution is 7.94. The molecule has 1 aliphatic heterocycles. The fraction of sp³-hybridized carbons (Fsp3) is 0.308. The lowest BCUT2D eigenvalue weighted by atomic mass is 10.1. The fourth-order valence-electron chi connectivity index (χ4n) is 1.82. The van der Waals surface area contributed by atoms with E-state index in [9.17, 15) is 12.8 Å². The molecule has 0 unspecified atom stereocenters. The molecule has 0 saturated heterocycles. The van der Waals surface area contributed by atoms with Gasteiger partial charge in [0, 0.05) is 5.56 Å². The number of halogens is 2. The van der Waals surface area contributed by atoms with Crippen LogP contribution in [0.2, 0.25) is 5.02 Å². The Kier molecular flexibility index (Phi) is 3.97. The van der Waals surface area contributed by atoms with E-state index >= 15 is 0 Å².